The maximum absolute atomic E-state index is 13.5. The van der Waals surface area contributed by atoms with Gasteiger partial charge in [0.2, 0.25) is 5.95 Å². The van der Waals surface area contributed by atoms with E-state index in [1.54, 1.807) is 0 Å². The fraction of sp³-hybridized carbons (Fsp3) is 0.444. The van der Waals surface area contributed by atoms with Crippen molar-refractivity contribution >= 4 is 42.3 Å². The van der Waals surface area contributed by atoms with E-state index in [0.29, 0.717) is 18.8 Å². The fourth-order valence-electron chi connectivity index (χ4n) is 3.03. The molecule has 11 heteroatoms. The summed E-state index contributed by atoms with van der Waals surface area (Å²) in [4.78, 5) is 10.8. The third kappa shape index (κ3) is 6.32. The molecule has 0 radical (unpaired) electrons. The Kier molecular flexibility index (Phi) is 8.92. The number of nitrogens with zero attached hydrogens (tertiary/aromatic N) is 3. The lowest BCUT2D eigenvalue weighted by Crippen LogP contribution is -2.27. The summed E-state index contributed by atoms with van der Waals surface area (Å²) in [5.41, 5.74) is 5.47. The van der Waals surface area contributed by atoms with Gasteiger partial charge < -0.3 is 16.0 Å². The number of anilines is 3. The van der Waals surface area contributed by atoms with Crippen LogP contribution in [0.3, 0.4) is 0 Å². The molecule has 0 aliphatic carbocycles. The summed E-state index contributed by atoms with van der Waals surface area (Å²) >= 11 is 0. The van der Waals surface area contributed by atoms with Gasteiger partial charge in [-0.25, -0.2) is 9.37 Å². The van der Waals surface area contributed by atoms with Crippen molar-refractivity contribution < 1.29 is 17.6 Å². The molecule has 1 fully saturated rings. The van der Waals surface area contributed by atoms with Crippen LogP contribution in [0.1, 0.15) is 31.0 Å². The predicted octanol–water partition coefficient (Wildman–Crippen LogP) is 4.71. The van der Waals surface area contributed by atoms with Gasteiger partial charge in [0.1, 0.15) is 11.6 Å². The molecule has 3 N–H and O–H groups in total. The highest BCUT2D eigenvalue weighted by Gasteiger charge is 2.34. The lowest BCUT2D eigenvalue weighted by Gasteiger charge is -2.19. The zero-order valence-corrected chi connectivity index (χ0v) is 17.3. The minimum atomic E-state index is -4.77. The van der Waals surface area contributed by atoms with Crippen molar-refractivity contribution in [2.45, 2.75) is 38.4 Å². The van der Waals surface area contributed by atoms with Gasteiger partial charge in [0.15, 0.2) is 0 Å². The second-order valence-corrected chi connectivity index (χ2v) is 6.60. The summed E-state index contributed by atoms with van der Waals surface area (Å²) in [6.45, 7) is 3.44. The molecule has 2 aromatic rings. The number of hydrogen-bond donors (Lipinski definition) is 2. The van der Waals surface area contributed by atoms with E-state index in [0.717, 1.165) is 37.2 Å². The number of halogens is 6. The summed E-state index contributed by atoms with van der Waals surface area (Å²) in [6.07, 6.45) is -2.35. The van der Waals surface area contributed by atoms with Gasteiger partial charge in [-0.05, 0) is 31.0 Å². The monoisotopic (exact) mass is 455 g/mol. The Balaban J connectivity index is 0.00000210. The van der Waals surface area contributed by atoms with E-state index in [-0.39, 0.29) is 42.5 Å². The van der Waals surface area contributed by atoms with Gasteiger partial charge in [-0.3, -0.25) is 0 Å². The van der Waals surface area contributed by atoms with Crippen molar-refractivity contribution in [1.82, 2.24) is 9.97 Å². The Labute approximate surface area is 178 Å². The van der Waals surface area contributed by atoms with Crippen LogP contribution in [0.25, 0.3) is 0 Å². The van der Waals surface area contributed by atoms with E-state index >= 15 is 0 Å². The Hall–Kier alpha value is -1.84. The molecule has 2 heterocycles. The predicted molar refractivity (Wildman–Crippen MR) is 110 cm³/mol. The average molecular weight is 456 g/mol. The summed E-state index contributed by atoms with van der Waals surface area (Å²) in [6, 6.07) is 4.67. The molecule has 0 saturated carbocycles. The van der Waals surface area contributed by atoms with Crippen LogP contribution >= 0.6 is 24.8 Å². The van der Waals surface area contributed by atoms with Crippen molar-refractivity contribution in [3.05, 3.63) is 41.3 Å². The van der Waals surface area contributed by atoms with Crippen LogP contribution in [0.2, 0.25) is 0 Å². The molecule has 162 valence electrons. The van der Waals surface area contributed by atoms with Crippen molar-refractivity contribution in [2.75, 3.05) is 23.3 Å². The SMILES string of the molecule is CCCc1cc(N2CCC(N)C2)nc(Nc2ccc(F)c(C(F)(F)F)c2)n1.Cl.Cl. The Bertz CT molecular complexity index is 819. The van der Waals surface area contributed by atoms with Crippen LogP contribution in [0.15, 0.2) is 24.3 Å². The normalized spacial score (nSPS) is 16.2. The van der Waals surface area contributed by atoms with E-state index < -0.39 is 17.6 Å². The molecule has 0 bridgehead atoms. The van der Waals surface area contributed by atoms with Crippen molar-refractivity contribution in [2.24, 2.45) is 5.73 Å². The number of nitrogens with one attached hydrogen (secondary N) is 1. The van der Waals surface area contributed by atoms with Crippen LogP contribution in [-0.4, -0.2) is 29.1 Å². The molecule has 1 aliphatic rings. The number of benzene rings is 1. The fourth-order valence-corrected chi connectivity index (χ4v) is 3.03. The minimum Gasteiger partial charge on any atom is -0.355 e. The molecular weight excluding hydrogens is 433 g/mol. The lowest BCUT2D eigenvalue weighted by atomic mass is 10.2. The third-order valence-electron chi connectivity index (χ3n) is 4.35. The molecular formula is C18H23Cl2F4N5. The van der Waals surface area contributed by atoms with Gasteiger partial charge in [0.05, 0.1) is 5.56 Å². The van der Waals surface area contributed by atoms with E-state index in [2.05, 4.69) is 15.3 Å². The molecule has 1 atom stereocenters. The number of nitrogens with two attached hydrogens (primary N) is 1. The second-order valence-electron chi connectivity index (χ2n) is 6.60. The van der Waals surface area contributed by atoms with E-state index in [4.69, 9.17) is 5.73 Å². The van der Waals surface area contributed by atoms with E-state index in [9.17, 15) is 17.6 Å². The zero-order chi connectivity index (χ0) is 19.6. The number of aryl methyl sites for hydroxylation is 1. The highest BCUT2D eigenvalue weighted by atomic mass is 35.5. The topological polar surface area (TPSA) is 67.1 Å². The quantitative estimate of drug-likeness (QED) is 0.638. The van der Waals surface area contributed by atoms with Gasteiger partial charge in [-0.2, -0.15) is 18.2 Å². The second kappa shape index (κ2) is 10.3. The minimum absolute atomic E-state index is 0. The third-order valence-corrected chi connectivity index (χ3v) is 4.35. The first-order chi connectivity index (χ1) is 12.8. The van der Waals surface area contributed by atoms with Crippen LogP contribution in [0, 0.1) is 5.82 Å². The molecule has 1 aromatic carbocycles. The first kappa shape index (κ1) is 25.2. The first-order valence-corrected chi connectivity index (χ1v) is 8.78. The maximum Gasteiger partial charge on any atom is 0.419 e. The molecule has 1 unspecified atom stereocenters. The smallest absolute Gasteiger partial charge is 0.355 e. The van der Waals surface area contributed by atoms with Crippen LogP contribution in [0.5, 0.6) is 0 Å². The Morgan fingerprint density at radius 1 is 1.21 bits per heavy atom. The molecule has 29 heavy (non-hydrogen) atoms. The highest BCUT2D eigenvalue weighted by Crippen LogP contribution is 2.33. The largest absolute Gasteiger partial charge is 0.419 e. The number of rotatable bonds is 5. The van der Waals surface area contributed by atoms with Gasteiger partial charge in [0, 0.05) is 36.6 Å². The van der Waals surface area contributed by atoms with Gasteiger partial charge >= 0.3 is 6.18 Å². The van der Waals surface area contributed by atoms with Crippen LogP contribution < -0.4 is 16.0 Å². The molecule has 1 aromatic heterocycles. The van der Waals surface area contributed by atoms with E-state index in [1.165, 1.54) is 6.07 Å². The van der Waals surface area contributed by atoms with Crippen molar-refractivity contribution in [1.29, 1.82) is 0 Å². The summed E-state index contributed by atoms with van der Waals surface area (Å²) < 4.78 is 52.2. The molecule has 3 rings (SSSR count). The highest BCUT2D eigenvalue weighted by molar-refractivity contribution is 5.85. The van der Waals surface area contributed by atoms with Crippen LogP contribution in [-0.2, 0) is 12.6 Å². The van der Waals surface area contributed by atoms with Gasteiger partial charge in [-0.15, -0.1) is 24.8 Å². The molecule has 0 amide bonds. The summed E-state index contributed by atoms with van der Waals surface area (Å²) in [5, 5.41) is 2.77. The number of alkyl halides is 3. The van der Waals surface area contributed by atoms with Crippen LogP contribution in [0.4, 0.5) is 35.0 Å². The maximum atomic E-state index is 13.5. The summed E-state index contributed by atoms with van der Waals surface area (Å²) in [5.74, 6) is -0.460. The van der Waals surface area contributed by atoms with Gasteiger partial charge in [-0.1, -0.05) is 13.3 Å². The number of hydrogen-bond acceptors (Lipinski definition) is 5. The Morgan fingerprint density at radius 2 is 1.93 bits per heavy atom. The molecule has 1 saturated heterocycles. The standard InChI is InChI=1S/C18H21F4N5.2ClH/c1-2-3-12-9-16(27-7-6-11(23)10-27)26-17(24-12)25-13-4-5-15(19)14(8-13)18(20,21)22;;/h4-5,8-9,11H,2-3,6-7,10,23H2,1H3,(H,24,25,26);2*1H. The Morgan fingerprint density at radius 3 is 2.52 bits per heavy atom. The molecule has 5 nitrogen and oxygen atoms in total. The molecule has 1 aliphatic heterocycles. The zero-order valence-electron chi connectivity index (χ0n) is 15.7. The average Bonchev–Trinajstić information content (AvgIpc) is 3.02. The first-order valence-electron chi connectivity index (χ1n) is 8.78. The lowest BCUT2D eigenvalue weighted by molar-refractivity contribution is -0.139. The van der Waals surface area contributed by atoms with Crippen molar-refractivity contribution in [3.8, 4) is 0 Å². The summed E-state index contributed by atoms with van der Waals surface area (Å²) in [7, 11) is 0. The van der Waals surface area contributed by atoms with E-state index in [1.807, 2.05) is 17.9 Å². The molecule has 0 spiro atoms. The van der Waals surface area contributed by atoms with Crippen molar-refractivity contribution in [3.63, 3.8) is 0 Å². The number of aromatic nitrogens is 2. The van der Waals surface area contributed by atoms with Gasteiger partial charge in [0.25, 0.3) is 0 Å².